The molecule has 4 heteroatoms. The number of non-ortho nitro benzene ring substituents is 1. The van der Waals surface area contributed by atoms with Gasteiger partial charge in [-0.1, -0.05) is 27.7 Å². The predicted molar refractivity (Wildman–Crippen MR) is 63.0 cm³/mol. The molecule has 1 aromatic carbocycles. The minimum atomic E-state index is -0.437. The first-order valence-corrected chi connectivity index (χ1v) is 5.08. The van der Waals surface area contributed by atoms with Gasteiger partial charge in [0.15, 0.2) is 0 Å². The zero-order valence-corrected chi connectivity index (χ0v) is 9.91. The third kappa shape index (κ3) is 6.48. The summed E-state index contributed by atoms with van der Waals surface area (Å²) in [6.07, 6.45) is 0. The van der Waals surface area contributed by atoms with E-state index in [9.17, 15) is 10.1 Å². The molecule has 1 rings (SSSR count). The van der Waals surface area contributed by atoms with Crippen LogP contribution >= 0.6 is 12.6 Å². The molecular formula is C10H17NO2S. The number of hydrogen-bond donors (Lipinski definition) is 1. The Hall–Kier alpha value is -1.03. The summed E-state index contributed by atoms with van der Waals surface area (Å²) in [5, 5.41) is 10.1. The summed E-state index contributed by atoms with van der Waals surface area (Å²) in [4.78, 5) is 10.4. The maximum Gasteiger partial charge on any atom is 0.269 e. The standard InChI is InChI=1S/C6H5NO2S.2C2H6/c8-7(9)5-1-3-6(10)4-2-5;2*1-2/h1-4,10H;2*1-2H3. The van der Waals surface area contributed by atoms with Crippen molar-refractivity contribution in [2.24, 2.45) is 0 Å². The molecule has 0 aliphatic heterocycles. The smallest absolute Gasteiger partial charge is 0.258 e. The van der Waals surface area contributed by atoms with Gasteiger partial charge in [0.05, 0.1) is 4.92 Å². The lowest BCUT2D eigenvalue weighted by Crippen LogP contribution is -1.85. The average Bonchev–Trinajstić information content (AvgIpc) is 2.24. The van der Waals surface area contributed by atoms with Gasteiger partial charge >= 0.3 is 0 Å². The van der Waals surface area contributed by atoms with Crippen molar-refractivity contribution in [3.8, 4) is 0 Å². The van der Waals surface area contributed by atoms with Crippen LogP contribution in [0.15, 0.2) is 29.2 Å². The lowest BCUT2D eigenvalue weighted by atomic mass is 10.3. The van der Waals surface area contributed by atoms with E-state index in [1.165, 1.54) is 12.1 Å². The number of nitro groups is 1. The van der Waals surface area contributed by atoms with E-state index in [1.54, 1.807) is 12.1 Å². The Morgan fingerprint density at radius 1 is 1.07 bits per heavy atom. The second kappa shape index (κ2) is 10.1. The molecule has 0 spiro atoms. The van der Waals surface area contributed by atoms with Crippen LogP contribution < -0.4 is 0 Å². The summed E-state index contributed by atoms with van der Waals surface area (Å²) in [6, 6.07) is 6.01. The molecule has 0 heterocycles. The zero-order chi connectivity index (χ0) is 11.6. The van der Waals surface area contributed by atoms with Crippen LogP contribution in [0.1, 0.15) is 27.7 Å². The minimum absolute atomic E-state index is 0.0952. The van der Waals surface area contributed by atoms with E-state index in [1.807, 2.05) is 27.7 Å². The van der Waals surface area contributed by atoms with E-state index in [4.69, 9.17) is 0 Å². The quantitative estimate of drug-likeness (QED) is 0.438. The molecule has 1 aromatic rings. The van der Waals surface area contributed by atoms with E-state index in [-0.39, 0.29) is 5.69 Å². The van der Waals surface area contributed by atoms with Gasteiger partial charge in [-0.2, -0.15) is 0 Å². The molecule has 14 heavy (non-hydrogen) atoms. The van der Waals surface area contributed by atoms with Crippen molar-refractivity contribution >= 4 is 18.3 Å². The van der Waals surface area contributed by atoms with Gasteiger partial charge in [-0.25, -0.2) is 0 Å². The molecule has 0 atom stereocenters. The van der Waals surface area contributed by atoms with Crippen LogP contribution in [0.5, 0.6) is 0 Å². The third-order valence-electron chi connectivity index (χ3n) is 1.06. The van der Waals surface area contributed by atoms with Crippen LogP contribution in [-0.4, -0.2) is 4.92 Å². The summed E-state index contributed by atoms with van der Waals surface area (Å²) < 4.78 is 0. The van der Waals surface area contributed by atoms with E-state index < -0.39 is 4.92 Å². The van der Waals surface area contributed by atoms with Crippen LogP contribution in [0.4, 0.5) is 5.69 Å². The second-order valence-corrected chi connectivity index (χ2v) is 2.29. The number of nitrogens with zero attached hydrogens (tertiary/aromatic N) is 1. The average molecular weight is 215 g/mol. The van der Waals surface area contributed by atoms with Crippen molar-refractivity contribution in [3.63, 3.8) is 0 Å². The minimum Gasteiger partial charge on any atom is -0.258 e. The molecule has 0 saturated heterocycles. The molecule has 0 bridgehead atoms. The van der Waals surface area contributed by atoms with Gasteiger partial charge < -0.3 is 0 Å². The molecule has 0 unspecified atom stereocenters. The van der Waals surface area contributed by atoms with Crippen molar-refractivity contribution in [2.45, 2.75) is 32.6 Å². The molecule has 80 valence electrons. The fourth-order valence-corrected chi connectivity index (χ4v) is 0.723. The number of rotatable bonds is 1. The Bertz CT molecular complexity index is 247. The first-order chi connectivity index (χ1) is 6.70. The molecular weight excluding hydrogens is 198 g/mol. The monoisotopic (exact) mass is 215 g/mol. The topological polar surface area (TPSA) is 43.1 Å². The second-order valence-electron chi connectivity index (χ2n) is 1.77. The molecule has 0 amide bonds. The highest BCUT2D eigenvalue weighted by molar-refractivity contribution is 7.80. The van der Waals surface area contributed by atoms with Gasteiger partial charge in [-0.3, -0.25) is 10.1 Å². The van der Waals surface area contributed by atoms with Crippen molar-refractivity contribution in [1.82, 2.24) is 0 Å². The molecule has 0 fully saturated rings. The van der Waals surface area contributed by atoms with E-state index >= 15 is 0 Å². The molecule has 0 N–H and O–H groups in total. The van der Waals surface area contributed by atoms with Gasteiger partial charge in [0.2, 0.25) is 0 Å². The molecule has 0 radical (unpaired) electrons. The van der Waals surface area contributed by atoms with Crippen molar-refractivity contribution < 1.29 is 4.92 Å². The van der Waals surface area contributed by atoms with E-state index in [2.05, 4.69) is 12.6 Å². The Morgan fingerprint density at radius 3 is 1.71 bits per heavy atom. The van der Waals surface area contributed by atoms with Crippen LogP contribution in [0.2, 0.25) is 0 Å². The Labute approximate surface area is 90.7 Å². The first-order valence-electron chi connectivity index (χ1n) is 4.63. The van der Waals surface area contributed by atoms with Crippen LogP contribution in [0, 0.1) is 10.1 Å². The maximum absolute atomic E-state index is 10.1. The van der Waals surface area contributed by atoms with Crippen molar-refractivity contribution in [3.05, 3.63) is 34.4 Å². The van der Waals surface area contributed by atoms with Gasteiger partial charge in [-0.15, -0.1) is 12.6 Å². The largest absolute Gasteiger partial charge is 0.269 e. The normalized spacial score (nSPS) is 7.50. The Balaban J connectivity index is 0. The summed E-state index contributed by atoms with van der Waals surface area (Å²) in [5.74, 6) is 0. The van der Waals surface area contributed by atoms with Gasteiger partial charge in [0.1, 0.15) is 0 Å². The number of nitro benzene ring substituents is 1. The van der Waals surface area contributed by atoms with Crippen LogP contribution in [0.3, 0.4) is 0 Å². The van der Waals surface area contributed by atoms with Crippen molar-refractivity contribution in [2.75, 3.05) is 0 Å². The van der Waals surface area contributed by atoms with Gasteiger partial charge in [0.25, 0.3) is 5.69 Å². The Kier molecular flexibility index (Phi) is 11.1. The summed E-state index contributed by atoms with van der Waals surface area (Å²) in [5.41, 5.74) is 0.0952. The van der Waals surface area contributed by atoms with Gasteiger partial charge in [-0.05, 0) is 12.1 Å². The molecule has 0 aliphatic rings. The van der Waals surface area contributed by atoms with E-state index in [0.29, 0.717) is 0 Å². The fourth-order valence-electron chi connectivity index (χ4n) is 0.574. The van der Waals surface area contributed by atoms with E-state index in [0.717, 1.165) is 4.90 Å². The van der Waals surface area contributed by atoms with Crippen LogP contribution in [-0.2, 0) is 0 Å². The summed E-state index contributed by atoms with van der Waals surface area (Å²) >= 11 is 3.98. The van der Waals surface area contributed by atoms with Crippen LogP contribution in [0.25, 0.3) is 0 Å². The highest BCUT2D eigenvalue weighted by Crippen LogP contribution is 2.13. The number of thiol groups is 1. The molecule has 0 aliphatic carbocycles. The summed E-state index contributed by atoms with van der Waals surface area (Å²) in [7, 11) is 0. The molecule has 0 aromatic heterocycles. The zero-order valence-electron chi connectivity index (χ0n) is 9.02. The SMILES string of the molecule is CC.CC.O=[N+]([O-])c1ccc(S)cc1. The lowest BCUT2D eigenvalue weighted by molar-refractivity contribution is -0.384. The molecule has 3 nitrogen and oxygen atoms in total. The van der Waals surface area contributed by atoms with Gasteiger partial charge in [0, 0.05) is 17.0 Å². The molecule has 0 saturated carbocycles. The number of hydrogen-bond acceptors (Lipinski definition) is 3. The summed E-state index contributed by atoms with van der Waals surface area (Å²) in [6.45, 7) is 8.00. The highest BCUT2D eigenvalue weighted by atomic mass is 32.1. The predicted octanol–water partition coefficient (Wildman–Crippen LogP) is 3.94. The lowest BCUT2D eigenvalue weighted by Gasteiger charge is -1.89. The Morgan fingerprint density at radius 2 is 1.43 bits per heavy atom. The number of benzene rings is 1. The fraction of sp³-hybridized carbons (Fsp3) is 0.400. The highest BCUT2D eigenvalue weighted by Gasteiger charge is 2.00. The first kappa shape index (κ1) is 15.4. The van der Waals surface area contributed by atoms with Crippen molar-refractivity contribution in [1.29, 1.82) is 0 Å². The third-order valence-corrected chi connectivity index (χ3v) is 1.36. The maximum atomic E-state index is 10.1.